The zero-order valence-electron chi connectivity index (χ0n) is 18.4. The van der Waals surface area contributed by atoms with E-state index in [1.807, 2.05) is 42.7 Å². The Labute approximate surface area is 179 Å². The molecule has 0 atom stereocenters. The molecule has 3 heterocycles. The van der Waals surface area contributed by atoms with Gasteiger partial charge in [0.1, 0.15) is 5.60 Å². The predicted molar refractivity (Wildman–Crippen MR) is 117 cm³/mol. The number of likely N-dealkylation sites (tertiary alicyclic amines) is 2. The van der Waals surface area contributed by atoms with E-state index in [9.17, 15) is 9.59 Å². The molecule has 3 aliphatic heterocycles. The van der Waals surface area contributed by atoms with Crippen LogP contribution in [-0.2, 0) is 11.3 Å². The number of carbonyl (C=O) groups is 2. The number of hydrogen-bond acceptors (Lipinski definition) is 4. The molecule has 0 aliphatic carbocycles. The summed E-state index contributed by atoms with van der Waals surface area (Å²) in [7, 11) is 0. The lowest BCUT2D eigenvalue weighted by Crippen LogP contribution is -2.55. The zero-order chi connectivity index (χ0) is 21.3. The van der Waals surface area contributed by atoms with Crippen molar-refractivity contribution >= 4 is 17.8 Å². The van der Waals surface area contributed by atoms with Gasteiger partial charge in [-0.2, -0.15) is 0 Å². The lowest BCUT2D eigenvalue weighted by Gasteiger charge is -2.45. The van der Waals surface area contributed by atoms with Crippen LogP contribution in [0.4, 0.5) is 15.3 Å². The third-order valence-corrected chi connectivity index (χ3v) is 6.40. The monoisotopic (exact) mass is 414 g/mol. The molecule has 0 unspecified atom stereocenters. The van der Waals surface area contributed by atoms with Gasteiger partial charge in [0.25, 0.3) is 0 Å². The van der Waals surface area contributed by atoms with Crippen molar-refractivity contribution in [3.8, 4) is 0 Å². The van der Waals surface area contributed by atoms with Gasteiger partial charge in [0, 0.05) is 44.8 Å². The fourth-order valence-corrected chi connectivity index (χ4v) is 4.87. The fourth-order valence-electron chi connectivity index (χ4n) is 4.87. The number of ether oxygens (including phenoxy) is 1. The Hall–Kier alpha value is -2.28. The van der Waals surface area contributed by atoms with E-state index >= 15 is 0 Å². The minimum absolute atomic E-state index is 0.0258. The van der Waals surface area contributed by atoms with E-state index in [0.29, 0.717) is 12.6 Å². The summed E-state index contributed by atoms with van der Waals surface area (Å²) in [5, 5.41) is 3.02. The maximum absolute atomic E-state index is 12.6. The first kappa shape index (κ1) is 21.0. The minimum Gasteiger partial charge on any atom is -0.444 e. The Bertz CT molecular complexity index is 775. The van der Waals surface area contributed by atoms with Gasteiger partial charge in [-0.25, -0.2) is 9.59 Å². The molecule has 2 saturated heterocycles. The largest absolute Gasteiger partial charge is 0.444 e. The van der Waals surface area contributed by atoms with Crippen LogP contribution >= 0.6 is 0 Å². The Morgan fingerprint density at radius 1 is 1.00 bits per heavy atom. The molecule has 7 nitrogen and oxygen atoms in total. The van der Waals surface area contributed by atoms with Crippen LogP contribution in [0.5, 0.6) is 0 Å². The summed E-state index contributed by atoms with van der Waals surface area (Å²) in [6, 6.07) is 8.97. The molecule has 0 aromatic heterocycles. The number of rotatable bonds is 2. The standard InChI is InChI=1S/C23H34N4O3/c1-23(2,3)30-22(29)26-14-8-18(9-15-26)25-12-10-19(11-13-25)27-20-7-5-4-6-17(20)16-24-21(27)28/h4-7,18-19H,8-16H2,1-3H3,(H,24,28). The van der Waals surface area contributed by atoms with Gasteiger partial charge in [0.2, 0.25) is 0 Å². The summed E-state index contributed by atoms with van der Waals surface area (Å²) in [5.41, 5.74) is 1.80. The summed E-state index contributed by atoms with van der Waals surface area (Å²) in [5.74, 6) is 0. The van der Waals surface area contributed by atoms with Crippen LogP contribution < -0.4 is 10.2 Å². The molecule has 1 N–H and O–H groups in total. The van der Waals surface area contributed by atoms with Crippen molar-refractivity contribution in [1.29, 1.82) is 0 Å². The van der Waals surface area contributed by atoms with Gasteiger partial charge in [-0.1, -0.05) is 18.2 Å². The maximum atomic E-state index is 12.6. The molecule has 4 rings (SSSR count). The Morgan fingerprint density at radius 3 is 2.30 bits per heavy atom. The van der Waals surface area contributed by atoms with Crippen LogP contribution in [0.3, 0.4) is 0 Å². The molecular weight excluding hydrogens is 380 g/mol. The molecule has 0 radical (unpaired) electrons. The van der Waals surface area contributed by atoms with E-state index in [4.69, 9.17) is 4.74 Å². The second kappa shape index (κ2) is 8.46. The molecule has 1 aromatic carbocycles. The number of amides is 3. The van der Waals surface area contributed by atoms with E-state index in [2.05, 4.69) is 22.3 Å². The smallest absolute Gasteiger partial charge is 0.410 e. The van der Waals surface area contributed by atoms with Crippen molar-refractivity contribution in [3.05, 3.63) is 29.8 Å². The van der Waals surface area contributed by atoms with Gasteiger partial charge in [0.15, 0.2) is 0 Å². The van der Waals surface area contributed by atoms with Gasteiger partial charge in [-0.05, 0) is 58.1 Å². The van der Waals surface area contributed by atoms with Crippen LogP contribution in [0, 0.1) is 0 Å². The summed E-state index contributed by atoms with van der Waals surface area (Å²) in [6.45, 7) is 9.82. The van der Waals surface area contributed by atoms with Crippen LogP contribution in [0.1, 0.15) is 52.0 Å². The number of anilines is 1. The number of piperidine rings is 2. The number of nitrogens with zero attached hydrogens (tertiary/aromatic N) is 3. The summed E-state index contributed by atoms with van der Waals surface area (Å²) >= 11 is 0. The van der Waals surface area contributed by atoms with E-state index < -0.39 is 5.60 Å². The molecule has 3 aliphatic rings. The summed E-state index contributed by atoms with van der Waals surface area (Å²) < 4.78 is 5.51. The van der Waals surface area contributed by atoms with Gasteiger partial charge in [-0.3, -0.25) is 4.90 Å². The van der Waals surface area contributed by atoms with E-state index in [1.165, 1.54) is 5.56 Å². The molecule has 0 saturated carbocycles. The first-order valence-corrected chi connectivity index (χ1v) is 11.2. The average molecular weight is 415 g/mol. The molecule has 0 spiro atoms. The van der Waals surface area contributed by atoms with Gasteiger partial charge in [-0.15, -0.1) is 0 Å². The summed E-state index contributed by atoms with van der Waals surface area (Å²) in [6.07, 6.45) is 3.73. The van der Waals surface area contributed by atoms with Crippen molar-refractivity contribution in [3.63, 3.8) is 0 Å². The number of fused-ring (bicyclic) bond motifs is 1. The number of hydrogen-bond donors (Lipinski definition) is 1. The Kier molecular flexibility index (Phi) is 5.91. The third kappa shape index (κ3) is 4.56. The molecule has 7 heteroatoms. The molecule has 2 fully saturated rings. The summed E-state index contributed by atoms with van der Waals surface area (Å²) in [4.78, 5) is 31.2. The molecule has 3 amide bonds. The maximum Gasteiger partial charge on any atom is 0.410 e. The topological polar surface area (TPSA) is 65.1 Å². The van der Waals surface area contributed by atoms with Crippen molar-refractivity contribution in [2.24, 2.45) is 0 Å². The predicted octanol–water partition coefficient (Wildman–Crippen LogP) is 3.58. The van der Waals surface area contributed by atoms with E-state index in [0.717, 1.165) is 57.5 Å². The van der Waals surface area contributed by atoms with Crippen molar-refractivity contribution in [2.75, 3.05) is 31.1 Å². The van der Waals surface area contributed by atoms with Crippen LogP contribution in [0.2, 0.25) is 0 Å². The molecule has 30 heavy (non-hydrogen) atoms. The fraction of sp³-hybridized carbons (Fsp3) is 0.652. The minimum atomic E-state index is -0.449. The normalized spacial score (nSPS) is 21.9. The molecule has 164 valence electrons. The number of carbonyl (C=O) groups excluding carboxylic acids is 2. The SMILES string of the molecule is CC(C)(C)OC(=O)N1CCC(N2CCC(N3C(=O)NCc4ccccc43)CC2)CC1. The number of nitrogens with one attached hydrogen (secondary N) is 1. The molecular formula is C23H34N4O3. The Balaban J connectivity index is 1.30. The average Bonchev–Trinajstić information content (AvgIpc) is 2.73. The zero-order valence-corrected chi connectivity index (χ0v) is 18.4. The van der Waals surface area contributed by atoms with Crippen molar-refractivity contribution < 1.29 is 14.3 Å². The van der Waals surface area contributed by atoms with Crippen molar-refractivity contribution in [1.82, 2.24) is 15.1 Å². The molecule has 1 aromatic rings. The van der Waals surface area contributed by atoms with Gasteiger partial charge < -0.3 is 19.9 Å². The van der Waals surface area contributed by atoms with Gasteiger partial charge in [0.05, 0.1) is 5.69 Å². The second-order valence-electron chi connectivity index (χ2n) is 9.62. The van der Waals surface area contributed by atoms with E-state index in [-0.39, 0.29) is 18.2 Å². The highest BCUT2D eigenvalue weighted by atomic mass is 16.6. The lowest BCUT2D eigenvalue weighted by molar-refractivity contribution is 0.0128. The first-order valence-electron chi connectivity index (χ1n) is 11.2. The lowest BCUT2D eigenvalue weighted by atomic mass is 9.96. The Morgan fingerprint density at radius 2 is 1.63 bits per heavy atom. The van der Waals surface area contributed by atoms with E-state index in [1.54, 1.807) is 0 Å². The van der Waals surface area contributed by atoms with Crippen LogP contribution in [-0.4, -0.2) is 65.8 Å². The van der Waals surface area contributed by atoms with Crippen molar-refractivity contribution in [2.45, 2.75) is 70.7 Å². The number of urea groups is 1. The number of benzene rings is 1. The first-order chi connectivity index (χ1) is 14.3. The highest BCUT2D eigenvalue weighted by molar-refractivity contribution is 5.95. The third-order valence-electron chi connectivity index (χ3n) is 6.40. The highest BCUT2D eigenvalue weighted by Crippen LogP contribution is 2.31. The van der Waals surface area contributed by atoms with Crippen LogP contribution in [0.15, 0.2) is 24.3 Å². The second-order valence-corrected chi connectivity index (χ2v) is 9.62. The van der Waals surface area contributed by atoms with Gasteiger partial charge >= 0.3 is 12.1 Å². The highest BCUT2D eigenvalue weighted by Gasteiger charge is 2.35. The van der Waals surface area contributed by atoms with Crippen LogP contribution in [0.25, 0.3) is 0 Å². The number of para-hydroxylation sites is 1. The molecule has 0 bridgehead atoms. The quantitative estimate of drug-likeness (QED) is 0.803.